The summed E-state index contributed by atoms with van der Waals surface area (Å²) in [6.45, 7) is 0.798. The number of benzene rings is 2. The quantitative estimate of drug-likeness (QED) is 0.445. The third-order valence-electron chi connectivity index (χ3n) is 3.26. The van der Waals surface area contributed by atoms with Gasteiger partial charge in [0.15, 0.2) is 0 Å². The number of halogens is 1. The smallest absolute Gasteiger partial charge is 0.127 e. The number of rotatable bonds is 8. The molecule has 0 N–H and O–H groups in total. The van der Waals surface area contributed by atoms with Crippen LogP contribution in [0.2, 0.25) is 0 Å². The predicted molar refractivity (Wildman–Crippen MR) is 89.6 cm³/mol. The zero-order valence-electron chi connectivity index (χ0n) is 11.7. The molecule has 0 amide bonds. The molecule has 0 aliphatic heterocycles. The molecule has 0 spiro atoms. The first-order valence-electron chi connectivity index (χ1n) is 7.25. The highest BCUT2D eigenvalue weighted by Crippen LogP contribution is 2.29. The van der Waals surface area contributed by atoms with Gasteiger partial charge in [0, 0.05) is 10.9 Å². The highest BCUT2D eigenvalue weighted by atomic mass is 79.9. The monoisotopic (exact) mass is 332 g/mol. The van der Waals surface area contributed by atoms with Crippen LogP contribution >= 0.6 is 15.9 Å². The van der Waals surface area contributed by atoms with Gasteiger partial charge in [0.25, 0.3) is 0 Å². The number of hydrogen-bond acceptors (Lipinski definition) is 1. The summed E-state index contributed by atoms with van der Waals surface area (Å²) in [5.41, 5.74) is 2.39. The highest BCUT2D eigenvalue weighted by Gasteiger charge is 2.04. The molecule has 2 heteroatoms. The second-order valence-corrected chi connectivity index (χ2v) is 5.61. The second-order valence-electron chi connectivity index (χ2n) is 4.81. The SMILES string of the molecule is BrCCCCCCOc1ccccc1-c1ccccc1. The second kappa shape index (κ2) is 8.80. The molecule has 0 atom stereocenters. The molecule has 2 rings (SSSR count). The number of alkyl halides is 1. The summed E-state index contributed by atoms with van der Waals surface area (Å²) >= 11 is 3.46. The maximum Gasteiger partial charge on any atom is 0.127 e. The average molecular weight is 333 g/mol. The summed E-state index contributed by atoms with van der Waals surface area (Å²) in [5.74, 6) is 0.985. The molecule has 0 saturated heterocycles. The van der Waals surface area contributed by atoms with Crippen molar-refractivity contribution in [1.29, 1.82) is 0 Å². The van der Waals surface area contributed by atoms with Crippen LogP contribution in [-0.2, 0) is 0 Å². The van der Waals surface area contributed by atoms with Crippen LogP contribution in [0.5, 0.6) is 5.75 Å². The van der Waals surface area contributed by atoms with Crippen LogP contribution < -0.4 is 4.74 Å². The Morgan fingerprint density at radius 2 is 1.45 bits per heavy atom. The molecule has 0 unspecified atom stereocenters. The Labute approximate surface area is 130 Å². The molecule has 20 heavy (non-hydrogen) atoms. The van der Waals surface area contributed by atoms with E-state index in [-0.39, 0.29) is 0 Å². The van der Waals surface area contributed by atoms with Gasteiger partial charge in [-0.1, -0.05) is 77.3 Å². The van der Waals surface area contributed by atoms with Crippen molar-refractivity contribution in [2.24, 2.45) is 0 Å². The number of unbranched alkanes of at least 4 members (excludes halogenated alkanes) is 3. The van der Waals surface area contributed by atoms with Crippen LogP contribution in [0.1, 0.15) is 25.7 Å². The van der Waals surface area contributed by atoms with Gasteiger partial charge >= 0.3 is 0 Å². The normalized spacial score (nSPS) is 10.4. The van der Waals surface area contributed by atoms with E-state index in [0.717, 1.165) is 24.1 Å². The molecule has 0 saturated carbocycles. The Bertz CT molecular complexity index is 496. The van der Waals surface area contributed by atoms with Crippen molar-refractivity contribution >= 4 is 15.9 Å². The molecule has 0 aliphatic rings. The van der Waals surface area contributed by atoms with Gasteiger partial charge in [-0.05, 0) is 24.5 Å². The fourth-order valence-corrected chi connectivity index (χ4v) is 2.58. The van der Waals surface area contributed by atoms with E-state index in [1.54, 1.807) is 0 Å². The first kappa shape index (κ1) is 15.1. The summed E-state index contributed by atoms with van der Waals surface area (Å²) in [5, 5.41) is 1.10. The van der Waals surface area contributed by atoms with Crippen LogP contribution in [0.15, 0.2) is 54.6 Å². The van der Waals surface area contributed by atoms with Crippen molar-refractivity contribution in [2.75, 3.05) is 11.9 Å². The minimum Gasteiger partial charge on any atom is -0.493 e. The molecule has 0 aliphatic carbocycles. The van der Waals surface area contributed by atoms with Crippen molar-refractivity contribution in [3.8, 4) is 16.9 Å². The van der Waals surface area contributed by atoms with E-state index in [0.29, 0.717) is 0 Å². The predicted octanol–water partition coefficient (Wildman–Crippen LogP) is 5.69. The molecule has 0 bridgehead atoms. The molecule has 106 valence electrons. The number of para-hydroxylation sites is 1. The third kappa shape index (κ3) is 4.68. The molecule has 0 heterocycles. The zero-order chi connectivity index (χ0) is 14.0. The lowest BCUT2D eigenvalue weighted by Gasteiger charge is -2.11. The maximum atomic E-state index is 5.96. The van der Waals surface area contributed by atoms with E-state index in [1.807, 2.05) is 12.1 Å². The molecular formula is C18H21BrO. The van der Waals surface area contributed by atoms with E-state index < -0.39 is 0 Å². The lowest BCUT2D eigenvalue weighted by Crippen LogP contribution is -1.98. The minimum atomic E-state index is 0.798. The lowest BCUT2D eigenvalue weighted by atomic mass is 10.1. The Morgan fingerprint density at radius 1 is 0.750 bits per heavy atom. The summed E-state index contributed by atoms with van der Waals surface area (Å²) in [4.78, 5) is 0. The van der Waals surface area contributed by atoms with Crippen molar-refractivity contribution in [3.63, 3.8) is 0 Å². The summed E-state index contributed by atoms with van der Waals surface area (Å²) in [6.07, 6.45) is 4.88. The van der Waals surface area contributed by atoms with Crippen molar-refractivity contribution in [3.05, 3.63) is 54.6 Å². The highest BCUT2D eigenvalue weighted by molar-refractivity contribution is 9.09. The average Bonchev–Trinajstić information content (AvgIpc) is 2.52. The largest absolute Gasteiger partial charge is 0.493 e. The summed E-state index contributed by atoms with van der Waals surface area (Å²) in [6, 6.07) is 18.7. The van der Waals surface area contributed by atoms with Crippen LogP contribution in [0.25, 0.3) is 11.1 Å². The molecule has 0 fully saturated rings. The van der Waals surface area contributed by atoms with E-state index >= 15 is 0 Å². The lowest BCUT2D eigenvalue weighted by molar-refractivity contribution is 0.306. The first-order valence-corrected chi connectivity index (χ1v) is 8.37. The van der Waals surface area contributed by atoms with E-state index in [2.05, 4.69) is 58.4 Å². The van der Waals surface area contributed by atoms with Gasteiger partial charge in [0.05, 0.1) is 6.61 Å². The molecule has 1 nitrogen and oxygen atoms in total. The van der Waals surface area contributed by atoms with Crippen LogP contribution in [0.4, 0.5) is 0 Å². The van der Waals surface area contributed by atoms with E-state index in [9.17, 15) is 0 Å². The Morgan fingerprint density at radius 3 is 2.25 bits per heavy atom. The Hall–Kier alpha value is -1.28. The standard InChI is InChI=1S/C18H21BrO/c19-14-8-1-2-9-15-20-18-13-7-6-12-17(18)16-10-4-3-5-11-16/h3-7,10-13H,1-2,8-9,14-15H2. The Balaban J connectivity index is 1.92. The van der Waals surface area contributed by atoms with Crippen molar-refractivity contribution in [2.45, 2.75) is 25.7 Å². The Kier molecular flexibility index (Phi) is 6.65. The van der Waals surface area contributed by atoms with E-state index in [4.69, 9.17) is 4.74 Å². The van der Waals surface area contributed by atoms with Gasteiger partial charge in [0.1, 0.15) is 5.75 Å². The van der Waals surface area contributed by atoms with Crippen LogP contribution in [0.3, 0.4) is 0 Å². The molecule has 0 radical (unpaired) electrons. The number of hydrogen-bond donors (Lipinski definition) is 0. The fourth-order valence-electron chi connectivity index (χ4n) is 2.18. The van der Waals surface area contributed by atoms with Gasteiger partial charge in [-0.3, -0.25) is 0 Å². The van der Waals surface area contributed by atoms with Gasteiger partial charge in [-0.25, -0.2) is 0 Å². The third-order valence-corrected chi connectivity index (χ3v) is 3.82. The van der Waals surface area contributed by atoms with Gasteiger partial charge in [-0.2, -0.15) is 0 Å². The van der Waals surface area contributed by atoms with Crippen LogP contribution in [-0.4, -0.2) is 11.9 Å². The first-order chi connectivity index (χ1) is 9.92. The molecular weight excluding hydrogens is 312 g/mol. The van der Waals surface area contributed by atoms with Crippen molar-refractivity contribution in [1.82, 2.24) is 0 Å². The summed E-state index contributed by atoms with van der Waals surface area (Å²) in [7, 11) is 0. The molecule has 2 aromatic rings. The maximum absolute atomic E-state index is 5.96. The number of ether oxygens (including phenoxy) is 1. The van der Waals surface area contributed by atoms with Gasteiger partial charge in [0.2, 0.25) is 0 Å². The zero-order valence-corrected chi connectivity index (χ0v) is 13.3. The van der Waals surface area contributed by atoms with Crippen LogP contribution in [0, 0.1) is 0 Å². The molecule has 2 aromatic carbocycles. The van der Waals surface area contributed by atoms with Gasteiger partial charge in [-0.15, -0.1) is 0 Å². The fraction of sp³-hybridized carbons (Fsp3) is 0.333. The topological polar surface area (TPSA) is 9.23 Å². The van der Waals surface area contributed by atoms with Crippen molar-refractivity contribution < 1.29 is 4.74 Å². The van der Waals surface area contributed by atoms with E-state index in [1.165, 1.54) is 30.4 Å². The van der Waals surface area contributed by atoms with Gasteiger partial charge < -0.3 is 4.74 Å². The summed E-state index contributed by atoms with van der Waals surface area (Å²) < 4.78 is 5.96. The molecule has 0 aromatic heterocycles. The minimum absolute atomic E-state index is 0.798.